The van der Waals surface area contributed by atoms with Crippen molar-refractivity contribution in [1.82, 2.24) is 4.90 Å². The molecule has 1 unspecified atom stereocenters. The van der Waals surface area contributed by atoms with E-state index in [1.54, 1.807) is 6.92 Å². The third kappa shape index (κ3) is 4.03. The number of nitrogens with zero attached hydrogens (tertiary/aromatic N) is 2. The molecule has 5 nitrogen and oxygen atoms in total. The van der Waals surface area contributed by atoms with Crippen LogP contribution < -0.4 is 9.64 Å². The van der Waals surface area contributed by atoms with Gasteiger partial charge in [0, 0.05) is 44.2 Å². The average molecular weight is 318 g/mol. The van der Waals surface area contributed by atoms with Crippen LogP contribution in [-0.4, -0.2) is 56.8 Å². The summed E-state index contributed by atoms with van der Waals surface area (Å²) in [7, 11) is 2.13. The van der Waals surface area contributed by atoms with Gasteiger partial charge in [-0.25, -0.2) is 0 Å². The van der Waals surface area contributed by atoms with Gasteiger partial charge in [0.1, 0.15) is 5.75 Å². The Kier molecular flexibility index (Phi) is 5.18. The maximum Gasteiger partial charge on any atom is 0.199 e. The van der Waals surface area contributed by atoms with Crippen LogP contribution in [0.2, 0.25) is 0 Å². The molecule has 0 bridgehead atoms. The standard InChI is InChI=1S/C18H26N2O3/c1-14(21)16-7-6-15(23-18-5-3-4-12-22-18)13-17(16)20-10-8-19(2)9-11-20/h6-7,13,18H,3-5,8-12H2,1-2H3. The van der Waals surface area contributed by atoms with Crippen LogP contribution in [0.15, 0.2) is 18.2 Å². The van der Waals surface area contributed by atoms with Gasteiger partial charge >= 0.3 is 0 Å². The van der Waals surface area contributed by atoms with E-state index < -0.39 is 0 Å². The lowest BCUT2D eigenvalue weighted by Gasteiger charge is -2.35. The van der Waals surface area contributed by atoms with Crippen molar-refractivity contribution < 1.29 is 14.3 Å². The van der Waals surface area contributed by atoms with E-state index in [0.717, 1.165) is 69.0 Å². The molecular weight excluding hydrogens is 292 g/mol. The molecule has 23 heavy (non-hydrogen) atoms. The first kappa shape index (κ1) is 16.3. The SMILES string of the molecule is CC(=O)c1ccc(OC2CCCCO2)cc1N1CCN(C)CC1. The Bertz CT molecular complexity index is 547. The number of carbonyl (C=O) groups excluding carboxylic acids is 1. The van der Waals surface area contributed by atoms with Crippen molar-refractivity contribution >= 4 is 11.5 Å². The minimum Gasteiger partial charge on any atom is -0.465 e. The Balaban J connectivity index is 1.79. The normalized spacial score (nSPS) is 22.9. The number of Topliss-reactive ketones (excluding diaryl/α,β-unsaturated/α-hetero) is 1. The Morgan fingerprint density at radius 1 is 1.22 bits per heavy atom. The summed E-state index contributed by atoms with van der Waals surface area (Å²) in [4.78, 5) is 16.6. The fourth-order valence-electron chi connectivity index (χ4n) is 3.15. The second-order valence-electron chi connectivity index (χ2n) is 6.44. The lowest BCUT2D eigenvalue weighted by atomic mass is 10.1. The maximum absolute atomic E-state index is 12.0. The molecule has 1 aromatic carbocycles. The van der Waals surface area contributed by atoms with Gasteiger partial charge in [0.2, 0.25) is 0 Å². The Morgan fingerprint density at radius 2 is 2.00 bits per heavy atom. The minimum absolute atomic E-state index is 0.0967. The fourth-order valence-corrected chi connectivity index (χ4v) is 3.15. The summed E-state index contributed by atoms with van der Waals surface area (Å²) in [5.41, 5.74) is 1.75. The number of hydrogen-bond donors (Lipinski definition) is 0. The van der Waals surface area contributed by atoms with Crippen molar-refractivity contribution in [1.29, 1.82) is 0 Å². The summed E-state index contributed by atoms with van der Waals surface area (Å²) in [6.45, 7) is 6.27. The van der Waals surface area contributed by atoms with Gasteiger partial charge in [-0.3, -0.25) is 4.79 Å². The zero-order chi connectivity index (χ0) is 16.2. The molecule has 0 radical (unpaired) electrons. The van der Waals surface area contributed by atoms with Gasteiger partial charge in [0.05, 0.1) is 12.3 Å². The highest BCUT2D eigenvalue weighted by atomic mass is 16.7. The van der Waals surface area contributed by atoms with Crippen molar-refractivity contribution in [2.45, 2.75) is 32.5 Å². The largest absolute Gasteiger partial charge is 0.465 e. The molecule has 0 aliphatic carbocycles. The molecule has 0 saturated carbocycles. The number of carbonyl (C=O) groups is 1. The van der Waals surface area contributed by atoms with E-state index in [0.29, 0.717) is 0 Å². The first-order valence-electron chi connectivity index (χ1n) is 8.50. The molecule has 2 heterocycles. The Morgan fingerprint density at radius 3 is 2.65 bits per heavy atom. The molecule has 1 aromatic rings. The Labute approximate surface area is 138 Å². The topological polar surface area (TPSA) is 42.0 Å². The highest BCUT2D eigenvalue weighted by Crippen LogP contribution is 2.29. The summed E-state index contributed by atoms with van der Waals surface area (Å²) in [5, 5.41) is 0. The lowest BCUT2D eigenvalue weighted by Crippen LogP contribution is -2.45. The van der Waals surface area contributed by atoms with Gasteiger partial charge in [-0.05, 0) is 38.9 Å². The van der Waals surface area contributed by atoms with E-state index in [-0.39, 0.29) is 12.1 Å². The van der Waals surface area contributed by atoms with Crippen LogP contribution in [0, 0.1) is 0 Å². The van der Waals surface area contributed by atoms with E-state index in [1.807, 2.05) is 18.2 Å². The summed E-state index contributed by atoms with van der Waals surface area (Å²) < 4.78 is 11.6. The predicted octanol–water partition coefficient (Wildman–Crippen LogP) is 2.55. The highest BCUT2D eigenvalue weighted by molar-refractivity contribution is 6.00. The minimum atomic E-state index is -0.160. The summed E-state index contributed by atoms with van der Waals surface area (Å²) in [6, 6.07) is 5.77. The van der Waals surface area contributed by atoms with Crippen molar-refractivity contribution in [3.05, 3.63) is 23.8 Å². The third-order valence-electron chi connectivity index (χ3n) is 4.60. The number of likely N-dealkylation sites (N-methyl/N-ethyl adjacent to an activating group) is 1. The van der Waals surface area contributed by atoms with Gasteiger partial charge in [-0.2, -0.15) is 0 Å². The van der Waals surface area contributed by atoms with Crippen LogP contribution in [0.3, 0.4) is 0 Å². The van der Waals surface area contributed by atoms with Gasteiger partial charge in [0.15, 0.2) is 12.1 Å². The number of rotatable bonds is 4. The molecule has 0 aromatic heterocycles. The monoisotopic (exact) mass is 318 g/mol. The van der Waals surface area contributed by atoms with Gasteiger partial charge in [-0.15, -0.1) is 0 Å². The second-order valence-corrected chi connectivity index (χ2v) is 6.44. The van der Waals surface area contributed by atoms with E-state index in [4.69, 9.17) is 9.47 Å². The molecule has 2 saturated heterocycles. The van der Waals surface area contributed by atoms with Crippen LogP contribution in [0.5, 0.6) is 5.75 Å². The third-order valence-corrected chi connectivity index (χ3v) is 4.60. The van der Waals surface area contributed by atoms with Crippen molar-refractivity contribution in [3.63, 3.8) is 0 Å². The Hall–Kier alpha value is -1.59. The van der Waals surface area contributed by atoms with Crippen molar-refractivity contribution in [2.24, 2.45) is 0 Å². The van der Waals surface area contributed by atoms with Crippen LogP contribution in [-0.2, 0) is 4.74 Å². The van der Waals surface area contributed by atoms with Crippen molar-refractivity contribution in [2.75, 3.05) is 44.7 Å². The molecule has 126 valence electrons. The van der Waals surface area contributed by atoms with E-state index in [2.05, 4.69) is 16.8 Å². The molecule has 2 aliphatic rings. The zero-order valence-corrected chi connectivity index (χ0v) is 14.1. The fraction of sp³-hybridized carbons (Fsp3) is 0.611. The predicted molar refractivity (Wildman–Crippen MR) is 90.4 cm³/mol. The number of ether oxygens (including phenoxy) is 2. The van der Waals surface area contributed by atoms with E-state index >= 15 is 0 Å². The zero-order valence-electron chi connectivity index (χ0n) is 14.1. The summed E-state index contributed by atoms with van der Waals surface area (Å²) in [5.74, 6) is 0.884. The first-order chi connectivity index (χ1) is 11.1. The molecule has 2 aliphatic heterocycles. The molecule has 0 amide bonds. The molecule has 0 N–H and O–H groups in total. The summed E-state index contributed by atoms with van der Waals surface area (Å²) >= 11 is 0. The molecule has 5 heteroatoms. The molecule has 3 rings (SSSR count). The molecule has 1 atom stereocenters. The van der Waals surface area contributed by atoms with E-state index in [9.17, 15) is 4.79 Å². The van der Waals surface area contributed by atoms with E-state index in [1.165, 1.54) is 0 Å². The number of benzene rings is 1. The molecular formula is C18H26N2O3. The smallest absolute Gasteiger partial charge is 0.199 e. The van der Waals surface area contributed by atoms with Gasteiger partial charge in [0.25, 0.3) is 0 Å². The van der Waals surface area contributed by atoms with Gasteiger partial charge in [-0.1, -0.05) is 0 Å². The first-order valence-corrected chi connectivity index (χ1v) is 8.50. The molecule has 2 fully saturated rings. The van der Waals surface area contributed by atoms with Crippen LogP contribution >= 0.6 is 0 Å². The number of anilines is 1. The summed E-state index contributed by atoms with van der Waals surface area (Å²) in [6.07, 6.45) is 3.02. The highest BCUT2D eigenvalue weighted by Gasteiger charge is 2.21. The van der Waals surface area contributed by atoms with Crippen LogP contribution in [0.1, 0.15) is 36.5 Å². The number of hydrogen-bond acceptors (Lipinski definition) is 5. The lowest BCUT2D eigenvalue weighted by molar-refractivity contribution is -0.105. The number of piperazine rings is 1. The average Bonchev–Trinajstić information content (AvgIpc) is 2.56. The quantitative estimate of drug-likeness (QED) is 0.798. The second kappa shape index (κ2) is 7.32. The van der Waals surface area contributed by atoms with Crippen LogP contribution in [0.25, 0.3) is 0 Å². The molecule has 0 spiro atoms. The maximum atomic E-state index is 12.0. The van der Waals surface area contributed by atoms with Gasteiger partial charge < -0.3 is 19.3 Å². The number of ketones is 1. The van der Waals surface area contributed by atoms with Crippen molar-refractivity contribution in [3.8, 4) is 5.75 Å². The van der Waals surface area contributed by atoms with Crippen LogP contribution in [0.4, 0.5) is 5.69 Å².